The Kier molecular flexibility index (Phi) is 6.55. The van der Waals surface area contributed by atoms with E-state index in [0.29, 0.717) is 5.95 Å². The molecule has 1 saturated carbocycles. The molecule has 2 amide bonds. The van der Waals surface area contributed by atoms with Gasteiger partial charge >= 0.3 is 6.09 Å². The lowest BCUT2D eigenvalue weighted by Gasteiger charge is -2.26. The third-order valence-electron chi connectivity index (χ3n) is 4.35. The molecule has 0 saturated heterocycles. The maximum atomic E-state index is 12.6. The summed E-state index contributed by atoms with van der Waals surface area (Å²) in [5.74, 6) is 0.307. The minimum Gasteiger partial charge on any atom is -0.453 e. The van der Waals surface area contributed by atoms with E-state index in [9.17, 15) is 9.59 Å². The fourth-order valence-electron chi connectivity index (χ4n) is 2.93. The van der Waals surface area contributed by atoms with E-state index < -0.39 is 12.1 Å². The van der Waals surface area contributed by atoms with Crippen LogP contribution in [-0.2, 0) is 9.53 Å². The molecule has 1 aromatic heterocycles. The van der Waals surface area contributed by atoms with Crippen molar-refractivity contribution in [2.75, 3.05) is 12.4 Å². The molecule has 0 aliphatic heterocycles. The van der Waals surface area contributed by atoms with Gasteiger partial charge in [0.25, 0.3) is 0 Å². The molecule has 0 radical (unpaired) electrons. The third-order valence-corrected chi connectivity index (χ3v) is 4.35. The van der Waals surface area contributed by atoms with Crippen molar-refractivity contribution in [1.82, 2.24) is 20.6 Å². The fraction of sp³-hybridized carbons (Fsp3) is 0.647. The van der Waals surface area contributed by atoms with E-state index in [1.54, 1.807) is 12.4 Å². The number of hydrogen-bond acceptors (Lipinski definition) is 6. The summed E-state index contributed by atoms with van der Waals surface area (Å²) in [4.78, 5) is 32.6. The lowest BCUT2D eigenvalue weighted by molar-refractivity contribution is -0.124. The highest BCUT2D eigenvalue weighted by atomic mass is 16.5. The lowest BCUT2D eigenvalue weighted by atomic mass is 10.0. The maximum Gasteiger partial charge on any atom is 0.407 e. The second-order valence-corrected chi connectivity index (χ2v) is 6.74. The molecule has 3 atom stereocenters. The molecule has 0 unspecified atom stereocenters. The molecule has 2 rings (SSSR count). The van der Waals surface area contributed by atoms with Crippen molar-refractivity contribution in [1.29, 1.82) is 0 Å². The number of hydrogen-bond donors (Lipinski definition) is 3. The first-order valence-electron chi connectivity index (χ1n) is 8.60. The fourth-order valence-corrected chi connectivity index (χ4v) is 2.93. The topological polar surface area (TPSA) is 105 Å². The number of ether oxygens (including phenoxy) is 1. The Morgan fingerprint density at radius 2 is 1.84 bits per heavy atom. The largest absolute Gasteiger partial charge is 0.453 e. The maximum absolute atomic E-state index is 12.6. The zero-order valence-corrected chi connectivity index (χ0v) is 15.2. The highest BCUT2D eigenvalue weighted by Crippen LogP contribution is 2.22. The Morgan fingerprint density at radius 3 is 2.44 bits per heavy atom. The molecular weight excluding hydrogens is 322 g/mol. The van der Waals surface area contributed by atoms with Gasteiger partial charge in [0.1, 0.15) is 6.04 Å². The van der Waals surface area contributed by atoms with Crippen molar-refractivity contribution in [3.63, 3.8) is 0 Å². The van der Waals surface area contributed by atoms with Crippen molar-refractivity contribution in [2.24, 2.45) is 5.92 Å². The highest BCUT2D eigenvalue weighted by molar-refractivity contribution is 5.86. The molecule has 1 heterocycles. The zero-order chi connectivity index (χ0) is 18.4. The summed E-state index contributed by atoms with van der Waals surface area (Å²) in [6, 6.07) is -0.597. The van der Waals surface area contributed by atoms with Gasteiger partial charge in [0.15, 0.2) is 0 Å². The monoisotopic (exact) mass is 349 g/mol. The van der Waals surface area contributed by atoms with E-state index >= 15 is 0 Å². The van der Waals surface area contributed by atoms with Gasteiger partial charge in [-0.15, -0.1) is 0 Å². The number of aromatic nitrogens is 2. The quantitative estimate of drug-likeness (QED) is 0.721. The second kappa shape index (κ2) is 8.64. The number of nitrogens with one attached hydrogen (secondary N) is 3. The van der Waals surface area contributed by atoms with Crippen LogP contribution in [0.4, 0.5) is 10.7 Å². The molecular formula is C17H27N5O3. The average molecular weight is 349 g/mol. The van der Waals surface area contributed by atoms with Crippen LogP contribution in [0.2, 0.25) is 0 Å². The van der Waals surface area contributed by atoms with Gasteiger partial charge in [-0.1, -0.05) is 13.8 Å². The normalized spacial score (nSPS) is 20.8. The van der Waals surface area contributed by atoms with Gasteiger partial charge < -0.3 is 20.7 Å². The predicted molar refractivity (Wildman–Crippen MR) is 94.1 cm³/mol. The summed E-state index contributed by atoms with van der Waals surface area (Å²) in [7, 11) is 1.28. The highest BCUT2D eigenvalue weighted by Gasteiger charge is 2.32. The number of carbonyl (C=O) groups is 2. The number of methoxy groups -OCH3 is 1. The van der Waals surface area contributed by atoms with Crippen molar-refractivity contribution < 1.29 is 14.3 Å². The van der Waals surface area contributed by atoms with Gasteiger partial charge in [0.05, 0.1) is 7.11 Å². The number of carbonyl (C=O) groups excluding carboxylic acids is 2. The lowest BCUT2D eigenvalue weighted by Crippen LogP contribution is -2.54. The smallest absolute Gasteiger partial charge is 0.407 e. The van der Waals surface area contributed by atoms with Crippen LogP contribution in [0.25, 0.3) is 0 Å². The van der Waals surface area contributed by atoms with Crippen molar-refractivity contribution >= 4 is 17.9 Å². The number of amides is 2. The molecule has 1 aromatic rings. The van der Waals surface area contributed by atoms with Gasteiger partial charge in [-0.25, -0.2) is 14.8 Å². The van der Waals surface area contributed by atoms with Gasteiger partial charge in [0.2, 0.25) is 11.9 Å². The summed E-state index contributed by atoms with van der Waals surface area (Å²) in [6.07, 6.45) is 5.71. The molecule has 8 heteroatoms. The van der Waals surface area contributed by atoms with Crippen LogP contribution in [0.1, 0.15) is 38.7 Å². The van der Waals surface area contributed by atoms with Gasteiger partial charge in [0, 0.05) is 24.5 Å². The van der Waals surface area contributed by atoms with Crippen LogP contribution in [0.15, 0.2) is 12.4 Å². The predicted octanol–water partition coefficient (Wildman–Crippen LogP) is 1.61. The van der Waals surface area contributed by atoms with Crippen LogP contribution in [-0.4, -0.2) is 47.2 Å². The first-order chi connectivity index (χ1) is 11.9. The number of aryl methyl sites for hydroxylation is 1. The van der Waals surface area contributed by atoms with E-state index in [4.69, 9.17) is 0 Å². The Bertz CT molecular complexity index is 590. The first-order valence-corrected chi connectivity index (χ1v) is 8.60. The Hall–Kier alpha value is -2.38. The van der Waals surface area contributed by atoms with Crippen molar-refractivity contribution in [3.05, 3.63) is 18.0 Å². The van der Waals surface area contributed by atoms with Crippen molar-refractivity contribution in [2.45, 2.75) is 58.2 Å². The van der Waals surface area contributed by atoms with Crippen LogP contribution in [0.5, 0.6) is 0 Å². The van der Waals surface area contributed by atoms with Gasteiger partial charge in [-0.3, -0.25) is 4.79 Å². The molecule has 0 bridgehead atoms. The molecule has 1 fully saturated rings. The number of anilines is 1. The molecule has 138 valence electrons. The molecule has 8 nitrogen and oxygen atoms in total. The standard InChI is InChI=1S/C17H27N5O3/c1-10(2)14(22-17(24)25-4)15(23)20-12-6-5-7-13(12)21-16-18-8-11(3)9-19-16/h8-10,12-14H,5-7H2,1-4H3,(H,20,23)(H,22,24)(H,18,19,21)/t12-,13-,14-/m0/s1. The van der Waals surface area contributed by atoms with E-state index in [2.05, 4.69) is 30.7 Å². The zero-order valence-electron chi connectivity index (χ0n) is 15.2. The van der Waals surface area contributed by atoms with E-state index in [0.717, 1.165) is 24.8 Å². The third kappa shape index (κ3) is 5.30. The summed E-state index contributed by atoms with van der Waals surface area (Å²) < 4.78 is 4.60. The molecule has 1 aliphatic rings. The Morgan fingerprint density at radius 1 is 1.20 bits per heavy atom. The molecule has 3 N–H and O–H groups in total. The molecule has 1 aliphatic carbocycles. The van der Waals surface area contributed by atoms with Crippen LogP contribution in [0, 0.1) is 12.8 Å². The number of rotatable bonds is 6. The summed E-state index contributed by atoms with van der Waals surface area (Å²) >= 11 is 0. The van der Waals surface area contributed by atoms with Crippen LogP contribution < -0.4 is 16.0 Å². The van der Waals surface area contributed by atoms with E-state index in [-0.39, 0.29) is 23.9 Å². The Balaban J connectivity index is 1.97. The van der Waals surface area contributed by atoms with Gasteiger partial charge in [-0.05, 0) is 37.7 Å². The Labute approximate surface area is 148 Å². The summed E-state index contributed by atoms with van der Waals surface area (Å²) in [5.41, 5.74) is 0.996. The minimum atomic E-state index is -0.635. The second-order valence-electron chi connectivity index (χ2n) is 6.74. The van der Waals surface area contributed by atoms with E-state index in [1.807, 2.05) is 20.8 Å². The van der Waals surface area contributed by atoms with Crippen molar-refractivity contribution in [3.8, 4) is 0 Å². The molecule has 0 aromatic carbocycles. The molecule has 25 heavy (non-hydrogen) atoms. The SMILES string of the molecule is COC(=O)N[C@H](C(=O)N[C@H]1CCC[C@@H]1Nc1ncc(C)cn1)C(C)C. The molecule has 0 spiro atoms. The number of alkyl carbamates (subject to hydrolysis) is 1. The number of nitrogens with zero attached hydrogens (tertiary/aromatic N) is 2. The summed E-state index contributed by atoms with van der Waals surface area (Å²) in [6.45, 7) is 5.69. The van der Waals surface area contributed by atoms with Crippen LogP contribution in [0.3, 0.4) is 0 Å². The first kappa shape index (κ1) is 19.0. The van der Waals surface area contributed by atoms with E-state index in [1.165, 1.54) is 7.11 Å². The average Bonchev–Trinajstić information content (AvgIpc) is 3.00. The minimum absolute atomic E-state index is 0.0295. The summed E-state index contributed by atoms with van der Waals surface area (Å²) in [5, 5.41) is 8.93. The van der Waals surface area contributed by atoms with Gasteiger partial charge in [-0.2, -0.15) is 0 Å². The van der Waals surface area contributed by atoms with Crippen LogP contribution >= 0.6 is 0 Å².